The van der Waals surface area contributed by atoms with Crippen molar-refractivity contribution in [1.82, 2.24) is 4.90 Å². The van der Waals surface area contributed by atoms with E-state index in [1.54, 1.807) is 0 Å². The number of benzene rings is 2. The average molecular weight is 283 g/mol. The maximum atomic E-state index is 5.47. The minimum atomic E-state index is 0.721. The summed E-state index contributed by atoms with van der Waals surface area (Å²) in [6.07, 6.45) is 2.34. The summed E-state index contributed by atoms with van der Waals surface area (Å²) in [6, 6.07) is 19.1. The van der Waals surface area contributed by atoms with E-state index in [1.807, 2.05) is 6.92 Å². The van der Waals surface area contributed by atoms with Gasteiger partial charge in [0.1, 0.15) is 5.75 Å². The molecule has 0 saturated carbocycles. The summed E-state index contributed by atoms with van der Waals surface area (Å²) >= 11 is 0. The molecule has 0 N–H and O–H groups in total. The van der Waals surface area contributed by atoms with Crippen LogP contribution in [0, 0.1) is 0 Å². The first-order valence-electron chi connectivity index (χ1n) is 7.72. The van der Waals surface area contributed by atoms with E-state index in [-0.39, 0.29) is 0 Å². The highest BCUT2D eigenvalue weighted by Gasteiger charge is 2.01. The van der Waals surface area contributed by atoms with Crippen LogP contribution in [0.15, 0.2) is 54.6 Å². The molecular formula is C19H25NO. The molecule has 0 aliphatic rings. The molecule has 0 radical (unpaired) electrons. The summed E-state index contributed by atoms with van der Waals surface area (Å²) in [5.74, 6) is 0.952. The molecular weight excluding hydrogens is 258 g/mol. The second-order valence-corrected chi connectivity index (χ2v) is 5.40. The minimum absolute atomic E-state index is 0.721. The molecule has 2 aromatic carbocycles. The fourth-order valence-corrected chi connectivity index (χ4v) is 2.45. The van der Waals surface area contributed by atoms with Gasteiger partial charge in [0.05, 0.1) is 6.61 Å². The molecule has 2 heteroatoms. The summed E-state index contributed by atoms with van der Waals surface area (Å²) in [5.41, 5.74) is 2.76. The van der Waals surface area contributed by atoms with Crippen molar-refractivity contribution in [3.63, 3.8) is 0 Å². The Bertz CT molecular complexity index is 507. The third-order valence-electron chi connectivity index (χ3n) is 3.53. The molecule has 0 aliphatic heterocycles. The van der Waals surface area contributed by atoms with Crippen molar-refractivity contribution < 1.29 is 4.74 Å². The quantitative estimate of drug-likeness (QED) is 0.721. The predicted octanol–water partition coefficient (Wildman–Crippen LogP) is 4.15. The van der Waals surface area contributed by atoms with Crippen molar-refractivity contribution in [2.75, 3.05) is 20.2 Å². The monoisotopic (exact) mass is 283 g/mol. The first-order chi connectivity index (χ1) is 10.3. The van der Waals surface area contributed by atoms with E-state index in [1.165, 1.54) is 17.5 Å². The van der Waals surface area contributed by atoms with Crippen molar-refractivity contribution >= 4 is 0 Å². The molecule has 112 valence electrons. The largest absolute Gasteiger partial charge is 0.494 e. The van der Waals surface area contributed by atoms with Crippen molar-refractivity contribution in [3.8, 4) is 5.75 Å². The van der Waals surface area contributed by atoms with Crippen LogP contribution in [0.3, 0.4) is 0 Å². The van der Waals surface area contributed by atoms with Crippen LogP contribution in [0.4, 0.5) is 0 Å². The van der Waals surface area contributed by atoms with Gasteiger partial charge in [-0.05, 0) is 56.6 Å². The van der Waals surface area contributed by atoms with Crippen LogP contribution >= 0.6 is 0 Å². The van der Waals surface area contributed by atoms with Crippen molar-refractivity contribution in [3.05, 3.63) is 65.7 Å². The van der Waals surface area contributed by atoms with E-state index in [0.717, 1.165) is 31.9 Å². The summed E-state index contributed by atoms with van der Waals surface area (Å²) < 4.78 is 5.47. The van der Waals surface area contributed by atoms with Crippen molar-refractivity contribution in [2.45, 2.75) is 26.3 Å². The molecule has 2 nitrogen and oxygen atoms in total. The Morgan fingerprint density at radius 1 is 0.905 bits per heavy atom. The van der Waals surface area contributed by atoms with Gasteiger partial charge in [-0.15, -0.1) is 0 Å². The highest BCUT2D eigenvalue weighted by Crippen LogP contribution is 2.13. The average Bonchev–Trinajstić information content (AvgIpc) is 2.51. The molecule has 0 heterocycles. The van der Waals surface area contributed by atoms with Crippen LogP contribution in [0.2, 0.25) is 0 Å². The Balaban J connectivity index is 1.72. The lowest BCUT2D eigenvalue weighted by Crippen LogP contribution is -2.19. The van der Waals surface area contributed by atoms with Gasteiger partial charge in [0.2, 0.25) is 0 Å². The summed E-state index contributed by atoms with van der Waals surface area (Å²) in [7, 11) is 2.18. The van der Waals surface area contributed by atoms with Gasteiger partial charge in [-0.1, -0.05) is 42.5 Å². The fourth-order valence-electron chi connectivity index (χ4n) is 2.45. The maximum absolute atomic E-state index is 5.47. The lowest BCUT2D eigenvalue weighted by Gasteiger charge is -2.17. The maximum Gasteiger partial charge on any atom is 0.119 e. The van der Waals surface area contributed by atoms with E-state index >= 15 is 0 Å². The van der Waals surface area contributed by atoms with Crippen LogP contribution in [0.1, 0.15) is 24.5 Å². The number of hydrogen-bond donors (Lipinski definition) is 0. The van der Waals surface area contributed by atoms with E-state index in [0.29, 0.717) is 0 Å². The molecule has 0 aromatic heterocycles. The number of aryl methyl sites for hydroxylation is 1. The molecule has 0 bridgehead atoms. The Kier molecular flexibility index (Phi) is 6.29. The Morgan fingerprint density at radius 3 is 2.29 bits per heavy atom. The molecule has 0 amide bonds. The Hall–Kier alpha value is -1.80. The standard InChI is InChI=1S/C19H25NO/c1-3-21-19-13-11-18(12-14-19)16-20(2)15-7-10-17-8-5-4-6-9-17/h4-6,8-9,11-14H,3,7,10,15-16H2,1-2H3. The zero-order chi connectivity index (χ0) is 14.9. The molecule has 21 heavy (non-hydrogen) atoms. The third-order valence-corrected chi connectivity index (χ3v) is 3.53. The van der Waals surface area contributed by atoms with E-state index in [2.05, 4.69) is 66.5 Å². The highest BCUT2D eigenvalue weighted by molar-refractivity contribution is 5.27. The highest BCUT2D eigenvalue weighted by atomic mass is 16.5. The molecule has 0 spiro atoms. The van der Waals surface area contributed by atoms with Crippen LogP contribution in [0.25, 0.3) is 0 Å². The van der Waals surface area contributed by atoms with E-state index in [9.17, 15) is 0 Å². The topological polar surface area (TPSA) is 12.5 Å². The molecule has 0 aliphatic carbocycles. The zero-order valence-electron chi connectivity index (χ0n) is 13.1. The van der Waals surface area contributed by atoms with Gasteiger partial charge in [-0.2, -0.15) is 0 Å². The van der Waals surface area contributed by atoms with Gasteiger partial charge < -0.3 is 9.64 Å². The van der Waals surface area contributed by atoms with E-state index in [4.69, 9.17) is 4.74 Å². The number of rotatable bonds is 8. The lowest BCUT2D eigenvalue weighted by atomic mass is 10.1. The smallest absolute Gasteiger partial charge is 0.119 e. The minimum Gasteiger partial charge on any atom is -0.494 e. The molecule has 0 atom stereocenters. The lowest BCUT2D eigenvalue weighted by molar-refractivity contribution is 0.321. The molecule has 0 fully saturated rings. The predicted molar refractivity (Wildman–Crippen MR) is 88.7 cm³/mol. The van der Waals surface area contributed by atoms with Gasteiger partial charge in [0.25, 0.3) is 0 Å². The molecule has 0 unspecified atom stereocenters. The van der Waals surface area contributed by atoms with Crippen molar-refractivity contribution in [1.29, 1.82) is 0 Å². The first-order valence-corrected chi connectivity index (χ1v) is 7.72. The van der Waals surface area contributed by atoms with Crippen LogP contribution in [0.5, 0.6) is 5.75 Å². The normalized spacial score (nSPS) is 10.8. The fraction of sp³-hybridized carbons (Fsp3) is 0.368. The van der Waals surface area contributed by atoms with Crippen LogP contribution in [-0.2, 0) is 13.0 Å². The first kappa shape index (κ1) is 15.6. The van der Waals surface area contributed by atoms with Gasteiger partial charge in [0, 0.05) is 6.54 Å². The number of hydrogen-bond acceptors (Lipinski definition) is 2. The van der Waals surface area contributed by atoms with Gasteiger partial charge in [-0.25, -0.2) is 0 Å². The molecule has 2 rings (SSSR count). The van der Waals surface area contributed by atoms with Crippen molar-refractivity contribution in [2.24, 2.45) is 0 Å². The van der Waals surface area contributed by atoms with Crippen LogP contribution in [-0.4, -0.2) is 25.1 Å². The number of nitrogens with zero attached hydrogens (tertiary/aromatic N) is 1. The Labute approximate surface area is 128 Å². The summed E-state index contributed by atoms with van der Waals surface area (Å²) in [6.45, 7) is 4.83. The third kappa shape index (κ3) is 5.60. The van der Waals surface area contributed by atoms with Gasteiger partial charge >= 0.3 is 0 Å². The van der Waals surface area contributed by atoms with Gasteiger partial charge in [-0.3, -0.25) is 0 Å². The second-order valence-electron chi connectivity index (χ2n) is 5.40. The second kappa shape index (κ2) is 8.48. The van der Waals surface area contributed by atoms with Gasteiger partial charge in [0.15, 0.2) is 0 Å². The summed E-state index contributed by atoms with van der Waals surface area (Å²) in [4.78, 5) is 2.37. The Morgan fingerprint density at radius 2 is 1.62 bits per heavy atom. The summed E-state index contributed by atoms with van der Waals surface area (Å²) in [5, 5.41) is 0. The SMILES string of the molecule is CCOc1ccc(CN(C)CCCc2ccccc2)cc1. The molecule has 2 aromatic rings. The van der Waals surface area contributed by atoms with Crippen LogP contribution < -0.4 is 4.74 Å². The number of ether oxygens (including phenoxy) is 1. The zero-order valence-corrected chi connectivity index (χ0v) is 13.1. The van der Waals surface area contributed by atoms with E-state index < -0.39 is 0 Å². The molecule has 0 saturated heterocycles.